The molecular formula is C14H32BrN. The van der Waals surface area contributed by atoms with Crippen molar-refractivity contribution >= 4 is 17.0 Å². The molecule has 0 aromatic rings. The van der Waals surface area contributed by atoms with Crippen molar-refractivity contribution in [3.63, 3.8) is 0 Å². The second-order valence-electron chi connectivity index (χ2n) is 5.71. The SMILES string of the molecule is Br.CCCCCCCCCN(C)C(C)(C)C. The first-order chi connectivity index (χ1) is 6.98. The molecule has 0 amide bonds. The normalized spacial score (nSPS) is 11.6. The van der Waals surface area contributed by atoms with E-state index < -0.39 is 0 Å². The Kier molecular flexibility index (Phi) is 12.4. The van der Waals surface area contributed by atoms with Crippen LogP contribution in [0.2, 0.25) is 0 Å². The lowest BCUT2D eigenvalue weighted by Gasteiger charge is -2.31. The van der Waals surface area contributed by atoms with Crippen LogP contribution < -0.4 is 0 Å². The van der Waals surface area contributed by atoms with Gasteiger partial charge in [0.25, 0.3) is 0 Å². The fourth-order valence-electron chi connectivity index (χ4n) is 1.64. The minimum atomic E-state index is 0. The summed E-state index contributed by atoms with van der Waals surface area (Å²) in [5, 5.41) is 0. The molecule has 0 fully saturated rings. The average molecular weight is 294 g/mol. The van der Waals surface area contributed by atoms with Crippen molar-refractivity contribution in [1.82, 2.24) is 4.90 Å². The van der Waals surface area contributed by atoms with Crippen LogP contribution in [0.15, 0.2) is 0 Å². The van der Waals surface area contributed by atoms with Crippen molar-refractivity contribution < 1.29 is 0 Å². The minimum Gasteiger partial charge on any atom is -0.302 e. The van der Waals surface area contributed by atoms with Crippen molar-refractivity contribution in [2.75, 3.05) is 13.6 Å². The molecule has 0 unspecified atom stereocenters. The summed E-state index contributed by atoms with van der Waals surface area (Å²) in [6.07, 6.45) is 9.84. The molecular weight excluding hydrogens is 262 g/mol. The first kappa shape index (κ1) is 18.8. The van der Waals surface area contributed by atoms with Crippen LogP contribution in [0.5, 0.6) is 0 Å². The van der Waals surface area contributed by atoms with E-state index in [0.29, 0.717) is 5.54 Å². The predicted octanol–water partition coefficient (Wildman–Crippen LogP) is 5.05. The molecule has 1 nitrogen and oxygen atoms in total. The first-order valence-corrected chi connectivity index (χ1v) is 6.69. The van der Waals surface area contributed by atoms with Crippen molar-refractivity contribution in [1.29, 1.82) is 0 Å². The highest BCUT2D eigenvalue weighted by Crippen LogP contribution is 2.12. The van der Waals surface area contributed by atoms with Crippen LogP contribution in [0.1, 0.15) is 72.6 Å². The van der Waals surface area contributed by atoms with Gasteiger partial charge in [0.1, 0.15) is 0 Å². The maximum absolute atomic E-state index is 2.46. The predicted molar refractivity (Wildman–Crippen MR) is 80.7 cm³/mol. The number of nitrogens with zero attached hydrogens (tertiary/aromatic N) is 1. The van der Waals surface area contributed by atoms with E-state index in [1.54, 1.807) is 0 Å². The van der Waals surface area contributed by atoms with Gasteiger partial charge in [-0.3, -0.25) is 0 Å². The largest absolute Gasteiger partial charge is 0.302 e. The Hall–Kier alpha value is 0.440. The van der Waals surface area contributed by atoms with Gasteiger partial charge in [-0.25, -0.2) is 0 Å². The van der Waals surface area contributed by atoms with E-state index in [9.17, 15) is 0 Å². The molecule has 0 N–H and O–H groups in total. The molecule has 2 heteroatoms. The second kappa shape index (κ2) is 10.6. The van der Waals surface area contributed by atoms with E-state index in [2.05, 4.69) is 39.6 Å². The maximum atomic E-state index is 2.46. The van der Waals surface area contributed by atoms with Gasteiger partial charge in [-0.15, -0.1) is 17.0 Å². The number of halogens is 1. The van der Waals surface area contributed by atoms with Gasteiger partial charge < -0.3 is 4.90 Å². The monoisotopic (exact) mass is 293 g/mol. The van der Waals surface area contributed by atoms with E-state index in [0.717, 1.165) is 0 Å². The third-order valence-electron chi connectivity index (χ3n) is 3.24. The van der Waals surface area contributed by atoms with Crippen molar-refractivity contribution in [3.05, 3.63) is 0 Å². The molecule has 0 radical (unpaired) electrons. The smallest absolute Gasteiger partial charge is 0.0122 e. The lowest BCUT2D eigenvalue weighted by atomic mass is 10.1. The van der Waals surface area contributed by atoms with E-state index in [-0.39, 0.29) is 17.0 Å². The Bertz CT molecular complexity index is 140. The second-order valence-corrected chi connectivity index (χ2v) is 5.71. The van der Waals surface area contributed by atoms with Crippen LogP contribution in [0.4, 0.5) is 0 Å². The highest BCUT2D eigenvalue weighted by Gasteiger charge is 2.15. The van der Waals surface area contributed by atoms with Gasteiger partial charge in [-0.05, 0) is 40.8 Å². The summed E-state index contributed by atoms with van der Waals surface area (Å²) in [4.78, 5) is 2.46. The van der Waals surface area contributed by atoms with E-state index >= 15 is 0 Å². The molecule has 0 aromatic heterocycles. The summed E-state index contributed by atoms with van der Waals surface area (Å²) < 4.78 is 0. The summed E-state index contributed by atoms with van der Waals surface area (Å²) in [5.41, 5.74) is 0.336. The number of rotatable bonds is 8. The quantitative estimate of drug-likeness (QED) is 0.566. The lowest BCUT2D eigenvalue weighted by Crippen LogP contribution is -2.38. The first-order valence-electron chi connectivity index (χ1n) is 6.69. The summed E-state index contributed by atoms with van der Waals surface area (Å²) in [5.74, 6) is 0. The summed E-state index contributed by atoms with van der Waals surface area (Å²) in [6, 6.07) is 0. The molecule has 0 heterocycles. The molecule has 16 heavy (non-hydrogen) atoms. The van der Waals surface area contributed by atoms with Crippen LogP contribution in [0.25, 0.3) is 0 Å². The van der Waals surface area contributed by atoms with Crippen LogP contribution in [0, 0.1) is 0 Å². The zero-order valence-corrected chi connectivity index (χ0v) is 13.7. The Morgan fingerprint density at radius 3 is 1.69 bits per heavy atom. The van der Waals surface area contributed by atoms with E-state index in [1.807, 2.05) is 0 Å². The highest BCUT2D eigenvalue weighted by molar-refractivity contribution is 8.93. The Morgan fingerprint density at radius 1 is 0.812 bits per heavy atom. The molecule has 0 rings (SSSR count). The van der Waals surface area contributed by atoms with Gasteiger partial charge in [0, 0.05) is 5.54 Å². The molecule has 0 saturated heterocycles. The topological polar surface area (TPSA) is 3.24 Å². The molecule has 0 aliphatic carbocycles. The van der Waals surface area contributed by atoms with Gasteiger partial charge in [0.15, 0.2) is 0 Å². The van der Waals surface area contributed by atoms with Gasteiger partial charge in [0.2, 0.25) is 0 Å². The third kappa shape index (κ3) is 10.9. The molecule has 0 atom stereocenters. The summed E-state index contributed by atoms with van der Waals surface area (Å²) >= 11 is 0. The molecule has 0 aliphatic heterocycles. The minimum absolute atomic E-state index is 0. The fourth-order valence-corrected chi connectivity index (χ4v) is 1.64. The van der Waals surface area contributed by atoms with Gasteiger partial charge >= 0.3 is 0 Å². The van der Waals surface area contributed by atoms with E-state index in [4.69, 9.17) is 0 Å². The van der Waals surface area contributed by atoms with Crippen molar-refractivity contribution in [3.8, 4) is 0 Å². The van der Waals surface area contributed by atoms with Gasteiger partial charge in [0.05, 0.1) is 0 Å². The van der Waals surface area contributed by atoms with Gasteiger partial charge in [-0.1, -0.05) is 45.4 Å². The van der Waals surface area contributed by atoms with Crippen molar-refractivity contribution in [2.24, 2.45) is 0 Å². The number of hydrogen-bond acceptors (Lipinski definition) is 1. The van der Waals surface area contributed by atoms with Gasteiger partial charge in [-0.2, -0.15) is 0 Å². The third-order valence-corrected chi connectivity index (χ3v) is 3.24. The fraction of sp³-hybridized carbons (Fsp3) is 1.00. The molecule has 0 aliphatic rings. The summed E-state index contributed by atoms with van der Waals surface area (Å²) in [7, 11) is 2.23. The molecule has 0 bridgehead atoms. The van der Waals surface area contributed by atoms with Crippen LogP contribution in [-0.2, 0) is 0 Å². The average Bonchev–Trinajstić information content (AvgIpc) is 2.14. The van der Waals surface area contributed by atoms with Crippen LogP contribution in [0.3, 0.4) is 0 Å². The van der Waals surface area contributed by atoms with E-state index in [1.165, 1.54) is 51.5 Å². The standard InChI is InChI=1S/C14H31N.BrH/c1-6-7-8-9-10-11-12-13-15(5)14(2,3)4;/h6-13H2,1-5H3;1H. The molecule has 0 spiro atoms. The zero-order chi connectivity index (χ0) is 11.7. The molecule has 0 saturated carbocycles. The van der Waals surface area contributed by atoms with Crippen molar-refractivity contribution in [2.45, 2.75) is 78.2 Å². The van der Waals surface area contributed by atoms with Crippen LogP contribution in [-0.4, -0.2) is 24.0 Å². The lowest BCUT2D eigenvalue weighted by molar-refractivity contribution is 0.172. The Morgan fingerprint density at radius 2 is 1.25 bits per heavy atom. The number of unbranched alkanes of at least 4 members (excludes halogenated alkanes) is 6. The van der Waals surface area contributed by atoms with Crippen LogP contribution >= 0.6 is 17.0 Å². The molecule has 0 aromatic carbocycles. The maximum Gasteiger partial charge on any atom is 0.0122 e. The summed E-state index contributed by atoms with van der Waals surface area (Å²) in [6.45, 7) is 10.4. The highest BCUT2D eigenvalue weighted by atomic mass is 79.9. The Balaban J connectivity index is 0. The Labute approximate surface area is 114 Å². The molecule has 100 valence electrons. The number of hydrogen-bond donors (Lipinski definition) is 0. The zero-order valence-electron chi connectivity index (χ0n) is 12.0.